The molecule has 27 heavy (non-hydrogen) atoms. The van der Waals surface area contributed by atoms with Gasteiger partial charge in [-0.3, -0.25) is 9.59 Å². The minimum absolute atomic E-state index is 0.128. The second-order valence-corrected chi connectivity index (χ2v) is 7.09. The smallest absolute Gasteiger partial charge is 0.251 e. The minimum Gasteiger partial charge on any atom is -0.354 e. The summed E-state index contributed by atoms with van der Waals surface area (Å²) in [5.74, 6) is 1.08. The van der Waals surface area contributed by atoms with Crippen molar-refractivity contribution in [1.29, 1.82) is 0 Å². The summed E-state index contributed by atoms with van der Waals surface area (Å²) >= 11 is 0. The number of hydrogen-bond donors (Lipinski definition) is 2. The number of nitrogens with zero attached hydrogens (tertiary/aromatic N) is 4. The summed E-state index contributed by atoms with van der Waals surface area (Å²) in [6.45, 7) is 2.59. The maximum Gasteiger partial charge on any atom is 0.251 e. The van der Waals surface area contributed by atoms with Crippen molar-refractivity contribution < 1.29 is 9.59 Å². The van der Waals surface area contributed by atoms with Crippen LogP contribution in [0.4, 0.5) is 5.95 Å². The molecule has 1 aromatic heterocycles. The van der Waals surface area contributed by atoms with Crippen LogP contribution in [-0.2, 0) is 11.8 Å². The van der Waals surface area contributed by atoms with E-state index in [1.165, 1.54) is 19.3 Å². The summed E-state index contributed by atoms with van der Waals surface area (Å²) in [5, 5.41) is 10.0. The number of benzene rings is 1. The third kappa shape index (κ3) is 3.65. The Morgan fingerprint density at radius 3 is 2.81 bits per heavy atom. The Hall–Kier alpha value is -2.90. The van der Waals surface area contributed by atoms with Crippen LogP contribution in [0.1, 0.15) is 36.0 Å². The van der Waals surface area contributed by atoms with Crippen LogP contribution in [0.3, 0.4) is 0 Å². The number of piperidine rings is 1. The fraction of sp³-hybridized carbons (Fsp3) is 0.474. The van der Waals surface area contributed by atoms with Gasteiger partial charge in [-0.05, 0) is 37.8 Å². The molecule has 2 amide bonds. The van der Waals surface area contributed by atoms with Gasteiger partial charge >= 0.3 is 0 Å². The average Bonchev–Trinajstić information content (AvgIpc) is 3.28. The van der Waals surface area contributed by atoms with E-state index in [0.717, 1.165) is 24.6 Å². The van der Waals surface area contributed by atoms with E-state index in [2.05, 4.69) is 20.6 Å². The first-order chi connectivity index (χ1) is 13.1. The molecule has 0 bridgehead atoms. The van der Waals surface area contributed by atoms with Gasteiger partial charge in [0.15, 0.2) is 5.82 Å². The Labute approximate surface area is 158 Å². The number of anilines is 1. The maximum atomic E-state index is 12.5. The lowest BCUT2D eigenvalue weighted by atomic mass is 10.1. The van der Waals surface area contributed by atoms with Crippen LogP contribution in [0.25, 0.3) is 11.4 Å². The largest absolute Gasteiger partial charge is 0.354 e. The molecule has 1 atom stereocenters. The van der Waals surface area contributed by atoms with E-state index in [1.54, 1.807) is 16.8 Å². The van der Waals surface area contributed by atoms with Crippen molar-refractivity contribution in [3.63, 3.8) is 0 Å². The van der Waals surface area contributed by atoms with Gasteiger partial charge in [0.25, 0.3) is 5.91 Å². The lowest BCUT2D eigenvalue weighted by Gasteiger charge is -2.26. The molecule has 1 aromatic carbocycles. The van der Waals surface area contributed by atoms with Crippen molar-refractivity contribution in [2.75, 3.05) is 24.5 Å². The van der Waals surface area contributed by atoms with E-state index in [4.69, 9.17) is 4.98 Å². The van der Waals surface area contributed by atoms with E-state index in [9.17, 15) is 9.59 Å². The molecule has 2 N–H and O–H groups in total. The third-order valence-corrected chi connectivity index (χ3v) is 5.12. The van der Waals surface area contributed by atoms with Gasteiger partial charge in [0, 0.05) is 37.8 Å². The molecule has 2 aliphatic rings. The summed E-state index contributed by atoms with van der Waals surface area (Å²) in [6, 6.07) is 6.77. The maximum absolute atomic E-state index is 12.5. The van der Waals surface area contributed by atoms with Crippen molar-refractivity contribution in [3.8, 4) is 11.4 Å². The molecule has 0 radical (unpaired) electrons. The molecule has 0 spiro atoms. The second kappa shape index (κ2) is 7.38. The number of rotatable bonds is 4. The highest BCUT2D eigenvalue weighted by molar-refractivity contribution is 5.98. The molecule has 2 saturated heterocycles. The molecule has 2 fully saturated rings. The monoisotopic (exact) mass is 368 g/mol. The van der Waals surface area contributed by atoms with Gasteiger partial charge in [-0.1, -0.05) is 12.1 Å². The normalized spacial score (nSPS) is 19.8. The van der Waals surface area contributed by atoms with Crippen LogP contribution < -0.4 is 15.5 Å². The molecule has 1 unspecified atom stereocenters. The first-order valence-electron chi connectivity index (χ1n) is 9.47. The molecule has 8 heteroatoms. The molecular formula is C19H24N6O2. The zero-order chi connectivity index (χ0) is 18.8. The predicted octanol–water partition coefficient (Wildman–Crippen LogP) is 1.09. The lowest BCUT2D eigenvalue weighted by molar-refractivity contribution is -0.120. The zero-order valence-electron chi connectivity index (χ0n) is 15.4. The number of carbonyl (C=O) groups excluding carboxylic acids is 2. The van der Waals surface area contributed by atoms with E-state index in [0.29, 0.717) is 24.4 Å². The summed E-state index contributed by atoms with van der Waals surface area (Å²) in [7, 11) is 1.90. The Bertz CT molecular complexity index is 856. The van der Waals surface area contributed by atoms with E-state index >= 15 is 0 Å². The average molecular weight is 368 g/mol. The number of carbonyl (C=O) groups is 2. The standard InChI is InChI=1S/C19H24N6O2/c1-24-19(25-10-3-2-4-11-25)22-16(23-24)13-6-5-7-14(12-13)17(26)21-15-8-9-20-18(15)27/h5-7,12,15H,2-4,8-11H2,1H3,(H,20,27)(H,21,26). The van der Waals surface area contributed by atoms with Crippen molar-refractivity contribution in [1.82, 2.24) is 25.4 Å². The van der Waals surface area contributed by atoms with Crippen LogP contribution in [0.2, 0.25) is 0 Å². The van der Waals surface area contributed by atoms with Crippen molar-refractivity contribution >= 4 is 17.8 Å². The van der Waals surface area contributed by atoms with Crippen molar-refractivity contribution in [3.05, 3.63) is 29.8 Å². The second-order valence-electron chi connectivity index (χ2n) is 7.09. The van der Waals surface area contributed by atoms with Gasteiger partial charge < -0.3 is 15.5 Å². The molecule has 8 nitrogen and oxygen atoms in total. The third-order valence-electron chi connectivity index (χ3n) is 5.12. The summed E-state index contributed by atoms with van der Waals surface area (Å²) < 4.78 is 1.80. The van der Waals surface area contributed by atoms with Crippen LogP contribution in [-0.4, -0.2) is 52.3 Å². The number of hydrogen-bond acceptors (Lipinski definition) is 5. The molecule has 2 aliphatic heterocycles. The van der Waals surface area contributed by atoms with Crippen molar-refractivity contribution in [2.45, 2.75) is 31.7 Å². The Morgan fingerprint density at radius 2 is 2.07 bits per heavy atom. The quantitative estimate of drug-likeness (QED) is 0.843. The highest BCUT2D eigenvalue weighted by Crippen LogP contribution is 2.23. The minimum atomic E-state index is -0.458. The van der Waals surface area contributed by atoms with Crippen molar-refractivity contribution in [2.24, 2.45) is 7.05 Å². The van der Waals surface area contributed by atoms with Gasteiger partial charge in [0.2, 0.25) is 11.9 Å². The highest BCUT2D eigenvalue weighted by Gasteiger charge is 2.26. The molecule has 2 aromatic rings. The number of aromatic nitrogens is 3. The van der Waals surface area contributed by atoms with Gasteiger partial charge in [-0.2, -0.15) is 4.98 Å². The molecule has 0 aliphatic carbocycles. The molecule has 0 saturated carbocycles. The molecule has 4 rings (SSSR count). The summed E-state index contributed by atoms with van der Waals surface area (Å²) in [6.07, 6.45) is 4.22. The topological polar surface area (TPSA) is 92.2 Å². The Morgan fingerprint density at radius 1 is 1.26 bits per heavy atom. The number of amides is 2. The first-order valence-corrected chi connectivity index (χ1v) is 9.47. The predicted molar refractivity (Wildman–Crippen MR) is 101 cm³/mol. The number of nitrogens with one attached hydrogen (secondary N) is 2. The van der Waals surface area contributed by atoms with Crippen LogP contribution >= 0.6 is 0 Å². The molecule has 142 valence electrons. The lowest BCUT2D eigenvalue weighted by Crippen LogP contribution is -2.40. The number of aryl methyl sites for hydroxylation is 1. The van der Waals surface area contributed by atoms with Crippen LogP contribution in [0, 0.1) is 0 Å². The van der Waals surface area contributed by atoms with E-state index in [1.807, 2.05) is 19.2 Å². The van der Waals surface area contributed by atoms with Gasteiger partial charge in [0.05, 0.1) is 0 Å². The van der Waals surface area contributed by atoms with Crippen LogP contribution in [0.5, 0.6) is 0 Å². The van der Waals surface area contributed by atoms with E-state index in [-0.39, 0.29) is 11.8 Å². The van der Waals surface area contributed by atoms with Gasteiger partial charge in [0.1, 0.15) is 6.04 Å². The molecule has 3 heterocycles. The van der Waals surface area contributed by atoms with Crippen LogP contribution in [0.15, 0.2) is 24.3 Å². The Balaban J connectivity index is 1.53. The van der Waals surface area contributed by atoms with E-state index < -0.39 is 6.04 Å². The highest BCUT2D eigenvalue weighted by atomic mass is 16.2. The fourth-order valence-corrected chi connectivity index (χ4v) is 3.64. The summed E-state index contributed by atoms with van der Waals surface area (Å²) in [5.41, 5.74) is 1.29. The molecular weight excluding hydrogens is 344 g/mol. The fourth-order valence-electron chi connectivity index (χ4n) is 3.64. The zero-order valence-corrected chi connectivity index (χ0v) is 15.4. The van der Waals surface area contributed by atoms with Gasteiger partial charge in [-0.25, -0.2) is 4.68 Å². The summed E-state index contributed by atoms with van der Waals surface area (Å²) in [4.78, 5) is 31.1. The van der Waals surface area contributed by atoms with Gasteiger partial charge in [-0.15, -0.1) is 5.10 Å². The first kappa shape index (κ1) is 17.5. The SMILES string of the molecule is Cn1nc(-c2cccc(C(=O)NC3CCNC3=O)c2)nc1N1CCCCC1. The Kier molecular flexibility index (Phi) is 4.79.